The quantitative estimate of drug-likeness (QED) is 0.875. The summed E-state index contributed by atoms with van der Waals surface area (Å²) >= 11 is 0. The number of hydrogen-bond acceptors (Lipinski definition) is 2. The standard InChI is InChI=1S/C15H21N3/c1-4-10-16-15(14-9-11-18(3)17-14)13-7-5-12(2)6-8-13/h5-9,11,15-16H,4,10H2,1-3H3. The van der Waals surface area contributed by atoms with Crippen LogP contribution in [0.15, 0.2) is 36.5 Å². The summed E-state index contributed by atoms with van der Waals surface area (Å²) in [6, 6.07) is 10.9. The Kier molecular flexibility index (Phi) is 4.15. The number of nitrogens with one attached hydrogen (secondary N) is 1. The molecule has 3 heteroatoms. The fraction of sp³-hybridized carbons (Fsp3) is 0.400. The first kappa shape index (κ1) is 12.8. The zero-order valence-electron chi connectivity index (χ0n) is 11.4. The molecular weight excluding hydrogens is 222 g/mol. The summed E-state index contributed by atoms with van der Waals surface area (Å²) in [5.41, 5.74) is 3.64. The molecule has 1 aromatic heterocycles. The van der Waals surface area contributed by atoms with Crippen LogP contribution in [-0.4, -0.2) is 16.3 Å². The number of aromatic nitrogens is 2. The van der Waals surface area contributed by atoms with E-state index in [2.05, 4.69) is 54.6 Å². The highest BCUT2D eigenvalue weighted by molar-refractivity contribution is 5.29. The first-order valence-corrected chi connectivity index (χ1v) is 6.50. The molecule has 96 valence electrons. The van der Waals surface area contributed by atoms with Crippen molar-refractivity contribution in [1.82, 2.24) is 15.1 Å². The van der Waals surface area contributed by atoms with Crippen LogP contribution >= 0.6 is 0 Å². The Balaban J connectivity index is 2.27. The molecule has 0 aliphatic carbocycles. The van der Waals surface area contributed by atoms with Crippen molar-refractivity contribution in [2.24, 2.45) is 7.05 Å². The summed E-state index contributed by atoms with van der Waals surface area (Å²) in [5, 5.41) is 8.08. The minimum Gasteiger partial charge on any atom is -0.305 e. The maximum atomic E-state index is 4.52. The van der Waals surface area contributed by atoms with Crippen LogP contribution in [0.1, 0.15) is 36.2 Å². The molecule has 1 aromatic carbocycles. The van der Waals surface area contributed by atoms with Gasteiger partial charge in [0.2, 0.25) is 0 Å². The van der Waals surface area contributed by atoms with Crippen molar-refractivity contribution in [3.63, 3.8) is 0 Å². The Hall–Kier alpha value is -1.61. The average molecular weight is 243 g/mol. The summed E-state index contributed by atoms with van der Waals surface area (Å²) in [7, 11) is 1.95. The third-order valence-corrected chi connectivity index (χ3v) is 3.04. The predicted molar refractivity (Wildman–Crippen MR) is 74.5 cm³/mol. The molecule has 1 unspecified atom stereocenters. The topological polar surface area (TPSA) is 29.9 Å². The lowest BCUT2D eigenvalue weighted by molar-refractivity contribution is 0.575. The zero-order valence-corrected chi connectivity index (χ0v) is 11.4. The van der Waals surface area contributed by atoms with Gasteiger partial charge in [-0.1, -0.05) is 36.8 Å². The van der Waals surface area contributed by atoms with Crippen LogP contribution in [0, 0.1) is 6.92 Å². The van der Waals surface area contributed by atoms with Gasteiger partial charge in [0.1, 0.15) is 0 Å². The molecule has 0 fully saturated rings. The van der Waals surface area contributed by atoms with E-state index in [-0.39, 0.29) is 6.04 Å². The van der Waals surface area contributed by atoms with E-state index in [9.17, 15) is 0 Å². The number of hydrogen-bond donors (Lipinski definition) is 1. The summed E-state index contributed by atoms with van der Waals surface area (Å²) < 4.78 is 1.85. The second-order valence-electron chi connectivity index (χ2n) is 4.71. The minimum atomic E-state index is 0.187. The van der Waals surface area contributed by atoms with Gasteiger partial charge in [0.15, 0.2) is 0 Å². The van der Waals surface area contributed by atoms with Crippen LogP contribution in [0.5, 0.6) is 0 Å². The maximum absolute atomic E-state index is 4.52. The van der Waals surface area contributed by atoms with Crippen LogP contribution in [0.2, 0.25) is 0 Å². The molecule has 1 heterocycles. The molecule has 0 spiro atoms. The van der Waals surface area contributed by atoms with Crippen molar-refractivity contribution in [2.75, 3.05) is 6.54 Å². The molecule has 0 radical (unpaired) electrons. The summed E-state index contributed by atoms with van der Waals surface area (Å²) in [4.78, 5) is 0. The van der Waals surface area contributed by atoms with Crippen molar-refractivity contribution in [2.45, 2.75) is 26.3 Å². The lowest BCUT2D eigenvalue weighted by atomic mass is 10.0. The second-order valence-corrected chi connectivity index (χ2v) is 4.71. The van der Waals surface area contributed by atoms with E-state index in [0.717, 1.165) is 18.7 Å². The van der Waals surface area contributed by atoms with E-state index in [1.807, 2.05) is 17.9 Å². The molecule has 0 bridgehead atoms. The third-order valence-electron chi connectivity index (χ3n) is 3.04. The molecule has 2 rings (SSSR count). The number of nitrogens with zero attached hydrogens (tertiary/aromatic N) is 2. The van der Waals surface area contributed by atoms with Crippen LogP contribution in [0.25, 0.3) is 0 Å². The molecule has 0 aliphatic rings. The largest absolute Gasteiger partial charge is 0.305 e. The Bertz CT molecular complexity index is 485. The molecule has 1 N–H and O–H groups in total. The SMILES string of the molecule is CCCNC(c1ccc(C)cc1)c1ccn(C)n1. The highest BCUT2D eigenvalue weighted by atomic mass is 15.3. The Morgan fingerprint density at radius 1 is 1.22 bits per heavy atom. The summed E-state index contributed by atoms with van der Waals surface area (Å²) in [5.74, 6) is 0. The van der Waals surface area contributed by atoms with E-state index in [4.69, 9.17) is 0 Å². The number of rotatable bonds is 5. The summed E-state index contributed by atoms with van der Waals surface area (Å²) in [6.07, 6.45) is 3.11. The van der Waals surface area contributed by atoms with E-state index in [1.54, 1.807) is 0 Å². The minimum absolute atomic E-state index is 0.187. The van der Waals surface area contributed by atoms with Crippen molar-refractivity contribution in [1.29, 1.82) is 0 Å². The van der Waals surface area contributed by atoms with Gasteiger partial charge in [-0.2, -0.15) is 5.10 Å². The molecule has 18 heavy (non-hydrogen) atoms. The normalized spacial score (nSPS) is 12.6. The van der Waals surface area contributed by atoms with E-state index < -0.39 is 0 Å². The van der Waals surface area contributed by atoms with E-state index in [0.29, 0.717) is 0 Å². The maximum Gasteiger partial charge on any atom is 0.0839 e. The van der Waals surface area contributed by atoms with Crippen LogP contribution in [0.3, 0.4) is 0 Å². The van der Waals surface area contributed by atoms with Crippen molar-refractivity contribution in [3.05, 3.63) is 53.3 Å². The Morgan fingerprint density at radius 2 is 1.94 bits per heavy atom. The van der Waals surface area contributed by atoms with Gasteiger partial charge in [-0.15, -0.1) is 0 Å². The van der Waals surface area contributed by atoms with Gasteiger partial charge in [-0.3, -0.25) is 4.68 Å². The van der Waals surface area contributed by atoms with E-state index in [1.165, 1.54) is 11.1 Å². The first-order valence-electron chi connectivity index (χ1n) is 6.50. The van der Waals surface area contributed by atoms with Gasteiger partial charge < -0.3 is 5.32 Å². The molecule has 0 saturated carbocycles. The number of benzene rings is 1. The van der Waals surface area contributed by atoms with Gasteiger partial charge in [0.05, 0.1) is 11.7 Å². The molecule has 1 atom stereocenters. The Morgan fingerprint density at radius 3 is 2.50 bits per heavy atom. The van der Waals surface area contributed by atoms with Gasteiger partial charge >= 0.3 is 0 Å². The highest BCUT2D eigenvalue weighted by Crippen LogP contribution is 2.20. The van der Waals surface area contributed by atoms with Crippen molar-refractivity contribution < 1.29 is 0 Å². The van der Waals surface area contributed by atoms with Crippen molar-refractivity contribution in [3.8, 4) is 0 Å². The van der Waals surface area contributed by atoms with Gasteiger partial charge in [-0.25, -0.2) is 0 Å². The van der Waals surface area contributed by atoms with Gasteiger partial charge in [0, 0.05) is 13.2 Å². The van der Waals surface area contributed by atoms with Gasteiger partial charge in [-0.05, 0) is 31.5 Å². The molecule has 2 aromatic rings. The molecular formula is C15H21N3. The zero-order chi connectivity index (χ0) is 13.0. The van der Waals surface area contributed by atoms with E-state index >= 15 is 0 Å². The second kappa shape index (κ2) is 5.83. The molecule has 0 amide bonds. The lowest BCUT2D eigenvalue weighted by Crippen LogP contribution is -2.23. The summed E-state index contributed by atoms with van der Waals surface area (Å²) in [6.45, 7) is 5.28. The molecule has 3 nitrogen and oxygen atoms in total. The highest BCUT2D eigenvalue weighted by Gasteiger charge is 2.15. The van der Waals surface area contributed by atoms with Gasteiger partial charge in [0.25, 0.3) is 0 Å². The average Bonchev–Trinajstić information content (AvgIpc) is 2.78. The smallest absolute Gasteiger partial charge is 0.0839 e. The van der Waals surface area contributed by atoms with Crippen LogP contribution < -0.4 is 5.32 Å². The van der Waals surface area contributed by atoms with Crippen LogP contribution in [0.4, 0.5) is 0 Å². The monoisotopic (exact) mass is 243 g/mol. The molecule has 0 saturated heterocycles. The molecule has 0 aliphatic heterocycles. The number of aryl methyl sites for hydroxylation is 2. The first-order chi connectivity index (χ1) is 8.70. The third kappa shape index (κ3) is 2.99. The van der Waals surface area contributed by atoms with Crippen molar-refractivity contribution >= 4 is 0 Å². The Labute approximate surface area is 109 Å². The van der Waals surface area contributed by atoms with Crippen LogP contribution in [-0.2, 0) is 7.05 Å². The fourth-order valence-electron chi connectivity index (χ4n) is 2.03. The lowest BCUT2D eigenvalue weighted by Gasteiger charge is -2.17. The fourth-order valence-corrected chi connectivity index (χ4v) is 2.03. The predicted octanol–water partition coefficient (Wildman–Crippen LogP) is 2.82.